The minimum absolute atomic E-state index is 0.00440. The van der Waals surface area contributed by atoms with Crippen LogP contribution in [0.3, 0.4) is 0 Å². The topological polar surface area (TPSA) is 575 Å². The summed E-state index contributed by atoms with van der Waals surface area (Å²) in [6, 6.07) is -3.28. The molecule has 658 valence electrons. The summed E-state index contributed by atoms with van der Waals surface area (Å²) >= 11 is 0. The zero-order chi connectivity index (χ0) is 83.8. The van der Waals surface area contributed by atoms with Crippen LogP contribution in [0.4, 0.5) is 0 Å². The maximum absolute atomic E-state index is 13.5. The van der Waals surface area contributed by atoms with Crippen LogP contribution in [0.1, 0.15) is 137 Å². The Hall–Kier alpha value is -6.14. The number of nitrogens with zero attached hydrogens (tertiary/aromatic N) is 1. The number of aliphatic hydroxyl groups is 9. The number of aliphatic hydroxyl groups excluding tert-OH is 9. The fourth-order valence-corrected chi connectivity index (χ4v) is 12.3. The van der Waals surface area contributed by atoms with Gasteiger partial charge in [0.15, 0.2) is 18.9 Å². The number of nitrogens with one attached hydrogen (secondary N) is 9. The molecule has 41 heteroatoms. The number of unbranched alkanes of at least 4 members (excludes halogenated alkanes) is 3. The van der Waals surface area contributed by atoms with Gasteiger partial charge in [-0.25, -0.2) is 0 Å². The summed E-state index contributed by atoms with van der Waals surface area (Å²) in [6.07, 6.45) is -12.2. The molecule has 0 bridgehead atoms. The third-order valence-corrected chi connectivity index (χ3v) is 18.6. The van der Waals surface area contributed by atoms with Gasteiger partial charge in [-0.05, 0) is 71.6 Å². The van der Waals surface area contributed by atoms with Crippen molar-refractivity contribution in [2.45, 2.75) is 241 Å². The molecule has 4 saturated heterocycles. The average molecular weight is 1640 g/mol. The van der Waals surface area contributed by atoms with Crippen molar-refractivity contribution in [1.82, 2.24) is 52.8 Å². The van der Waals surface area contributed by atoms with Crippen molar-refractivity contribution in [3.05, 3.63) is 0 Å². The Bertz CT molecular complexity index is 2570. The van der Waals surface area contributed by atoms with Crippen molar-refractivity contribution < 1.29 is 151 Å². The summed E-state index contributed by atoms with van der Waals surface area (Å²) in [4.78, 5) is 128. The molecular weight excluding hydrogens is 1510 g/mol. The molecule has 4 aliphatic heterocycles. The predicted molar refractivity (Wildman–Crippen MR) is 399 cm³/mol. The summed E-state index contributed by atoms with van der Waals surface area (Å²) in [7, 11) is 0. The van der Waals surface area contributed by atoms with Crippen LogP contribution in [0.5, 0.6) is 0 Å². The van der Waals surface area contributed by atoms with E-state index in [9.17, 15) is 93.9 Å². The Balaban J connectivity index is 1.28. The van der Waals surface area contributed by atoms with Gasteiger partial charge in [-0.15, -0.1) is 0 Å². The largest absolute Gasteiger partial charge is 0.394 e. The molecular formula is C73H130N10O31. The molecule has 0 aromatic carbocycles. The fourth-order valence-electron chi connectivity index (χ4n) is 12.3. The first-order chi connectivity index (χ1) is 54.6. The van der Waals surface area contributed by atoms with Crippen LogP contribution in [0.2, 0.25) is 0 Å². The first-order valence-corrected chi connectivity index (χ1v) is 39.6. The van der Waals surface area contributed by atoms with E-state index in [4.69, 9.17) is 56.8 Å². The van der Waals surface area contributed by atoms with Crippen LogP contribution in [-0.4, -0.2) is 372 Å². The number of carbonyl (C=O) groups is 10. The monoisotopic (exact) mass is 1640 g/mol. The van der Waals surface area contributed by atoms with Gasteiger partial charge >= 0.3 is 0 Å². The van der Waals surface area contributed by atoms with Crippen LogP contribution >= 0.6 is 0 Å². The molecule has 114 heavy (non-hydrogen) atoms. The molecule has 41 nitrogen and oxygen atoms in total. The molecule has 16 unspecified atom stereocenters. The van der Waals surface area contributed by atoms with Gasteiger partial charge in [0.1, 0.15) is 73.1 Å². The third kappa shape index (κ3) is 39.9. The number of carbonyl (C=O) groups excluding carboxylic acids is 10. The molecule has 0 radical (unpaired) electrons. The average Bonchev–Trinajstić information content (AvgIpc) is 0.818. The van der Waals surface area contributed by atoms with Gasteiger partial charge < -0.3 is 156 Å². The molecule has 4 fully saturated rings. The summed E-state index contributed by atoms with van der Waals surface area (Å²) in [6.45, 7) is 7.98. The molecule has 0 aliphatic carbocycles. The second kappa shape index (κ2) is 57.1. The first-order valence-electron chi connectivity index (χ1n) is 39.6. The number of morpholine rings is 1. The highest BCUT2D eigenvalue weighted by Crippen LogP contribution is 2.27. The van der Waals surface area contributed by atoms with E-state index in [-0.39, 0.29) is 210 Å². The van der Waals surface area contributed by atoms with Gasteiger partial charge in [-0.1, -0.05) is 0 Å². The molecule has 0 aromatic heterocycles. The SMILES string of the molecule is CC(=O)NC1C(OCCCCC(=O)NCCCNC(=O)CCOCC(COCCC(=O)NCCCNC(=O)CCCCOC2OC(CO)C(O)C(O)C2NC(C)=O)(COCCC(=O)NCCCNC(=O)CCCCOC2OC(CO)C(O)C(O)C2NC(C)=O)COCCC(=O)N2CCOC(COC(C)C)C2)OC(CO)C(O)C1O. The van der Waals surface area contributed by atoms with E-state index in [1.807, 2.05) is 13.8 Å². The van der Waals surface area contributed by atoms with Crippen molar-refractivity contribution in [2.24, 2.45) is 5.41 Å². The highest BCUT2D eigenvalue weighted by atomic mass is 16.7. The molecule has 10 amide bonds. The highest BCUT2D eigenvalue weighted by molar-refractivity contribution is 5.79. The predicted octanol–water partition coefficient (Wildman–Crippen LogP) is -6.49. The summed E-state index contributed by atoms with van der Waals surface area (Å²) < 4.78 is 70.1. The Morgan fingerprint density at radius 3 is 0.991 bits per heavy atom. The molecule has 4 heterocycles. The van der Waals surface area contributed by atoms with Gasteiger partial charge in [0, 0.05) is 131 Å². The Morgan fingerprint density at radius 2 is 0.702 bits per heavy atom. The minimum Gasteiger partial charge on any atom is -0.394 e. The van der Waals surface area contributed by atoms with E-state index in [1.165, 1.54) is 20.8 Å². The normalized spacial score (nSPS) is 25.5. The van der Waals surface area contributed by atoms with Gasteiger partial charge in [0.25, 0.3) is 0 Å². The van der Waals surface area contributed by atoms with Crippen LogP contribution in [0.25, 0.3) is 0 Å². The van der Waals surface area contributed by atoms with Crippen LogP contribution in [0.15, 0.2) is 0 Å². The standard InChI is InChI=1S/C73H130N10O31/c1-46(2)111-41-50-37-83(28-36-107-50)60(96)21-35-106-45-73(42-103-32-18-57(93)77-25-12-22-74-54(90)15-6-9-29-108-70-61(80-47(3)87)67(100)64(97)51(38-84)112-70,43-104-33-19-58(94)78-26-13-23-75-55(91)16-7-10-30-109-71-62(81-48(4)88)68(101)65(98)52(39-85)113-71)44-105-34-20-59(95)79-27-14-24-76-56(92)17-8-11-31-110-72-63(82-49(5)89)69(102)66(99)53(40-86)114-72/h46,50-53,61-72,84-86,97-102H,6-45H2,1-5H3,(H,74,90)(H,75,91)(H,76,92)(H,77,93)(H,78,94)(H,79,95)(H,80,87)(H,81,88)(H,82,89). The zero-order valence-electron chi connectivity index (χ0n) is 66.6. The Labute approximate surface area is 665 Å². The van der Waals surface area contributed by atoms with Crippen molar-refractivity contribution in [1.29, 1.82) is 0 Å². The van der Waals surface area contributed by atoms with Crippen LogP contribution < -0.4 is 47.9 Å². The van der Waals surface area contributed by atoms with Gasteiger partial charge in [0.05, 0.1) is 110 Å². The molecule has 4 rings (SSSR count). The van der Waals surface area contributed by atoms with E-state index in [1.54, 1.807) is 4.90 Å². The maximum atomic E-state index is 13.5. The Morgan fingerprint density at radius 1 is 0.404 bits per heavy atom. The minimum atomic E-state index is -1.46. The van der Waals surface area contributed by atoms with E-state index in [2.05, 4.69) is 47.9 Å². The van der Waals surface area contributed by atoms with Gasteiger partial charge in [-0.3, -0.25) is 47.9 Å². The summed E-state index contributed by atoms with van der Waals surface area (Å²) in [5.74, 6) is -3.44. The van der Waals surface area contributed by atoms with Gasteiger partial charge in [-0.2, -0.15) is 0 Å². The first kappa shape index (κ1) is 100. The molecule has 0 aromatic rings. The summed E-state index contributed by atoms with van der Waals surface area (Å²) in [5.41, 5.74) is -1.15. The number of hydrogen-bond donors (Lipinski definition) is 18. The molecule has 0 saturated carbocycles. The number of rotatable bonds is 59. The van der Waals surface area contributed by atoms with Crippen LogP contribution in [0, 0.1) is 5.41 Å². The lowest BCUT2D eigenvalue weighted by atomic mass is 9.92. The van der Waals surface area contributed by atoms with Gasteiger partial charge in [0.2, 0.25) is 59.1 Å². The van der Waals surface area contributed by atoms with E-state index in [0.29, 0.717) is 84.1 Å². The maximum Gasteiger partial charge on any atom is 0.225 e. The number of amides is 10. The van der Waals surface area contributed by atoms with E-state index in [0.717, 1.165) is 0 Å². The molecule has 18 N–H and O–H groups in total. The second-order valence-electron chi connectivity index (χ2n) is 28.9. The van der Waals surface area contributed by atoms with Crippen molar-refractivity contribution in [3.63, 3.8) is 0 Å². The third-order valence-electron chi connectivity index (χ3n) is 18.6. The lowest BCUT2D eigenvalue weighted by molar-refractivity contribution is -0.270. The number of ether oxygens (including phenoxy) is 12. The molecule has 4 aliphatic rings. The van der Waals surface area contributed by atoms with Crippen LogP contribution in [-0.2, 0) is 105 Å². The van der Waals surface area contributed by atoms with Crippen molar-refractivity contribution in [2.75, 3.05) is 158 Å². The molecule has 16 atom stereocenters. The second-order valence-corrected chi connectivity index (χ2v) is 28.9. The van der Waals surface area contributed by atoms with E-state index >= 15 is 0 Å². The smallest absolute Gasteiger partial charge is 0.225 e. The molecule has 0 spiro atoms. The lowest BCUT2D eigenvalue weighted by Crippen LogP contribution is -2.64. The van der Waals surface area contributed by atoms with Crippen molar-refractivity contribution >= 4 is 59.1 Å². The summed E-state index contributed by atoms with van der Waals surface area (Å²) in [5, 5.41) is 115. The quantitative estimate of drug-likeness (QED) is 0.0252. The Kier molecular flexibility index (Phi) is 50.2. The highest BCUT2D eigenvalue weighted by Gasteiger charge is 2.48. The lowest BCUT2D eigenvalue weighted by Gasteiger charge is -2.42. The van der Waals surface area contributed by atoms with Crippen molar-refractivity contribution in [3.8, 4) is 0 Å². The fraction of sp³-hybridized carbons (Fsp3) is 0.863. The zero-order valence-corrected chi connectivity index (χ0v) is 66.6. The number of hydrogen-bond acceptors (Lipinski definition) is 31. The van der Waals surface area contributed by atoms with E-state index < -0.39 is 135 Å².